The van der Waals surface area contributed by atoms with Crippen molar-refractivity contribution in [2.24, 2.45) is 0 Å². The Labute approximate surface area is 148 Å². The molecule has 0 amide bonds. The smallest absolute Gasteiger partial charge is 0.0557 e. The molecule has 5 rings (SSSR count). The van der Waals surface area contributed by atoms with Gasteiger partial charge >= 0.3 is 0 Å². The molecule has 2 atom stereocenters. The van der Waals surface area contributed by atoms with Crippen LogP contribution in [0, 0.1) is 0 Å². The Morgan fingerprint density at radius 3 is 2.16 bits per heavy atom. The summed E-state index contributed by atoms with van der Waals surface area (Å²) in [4.78, 5) is 0. The van der Waals surface area contributed by atoms with Gasteiger partial charge < -0.3 is 5.32 Å². The molecule has 2 aliphatic rings. The summed E-state index contributed by atoms with van der Waals surface area (Å²) in [5.74, 6) is 0.423. The van der Waals surface area contributed by atoms with Crippen LogP contribution in [0.5, 0.6) is 0 Å². The maximum absolute atomic E-state index is 3.72. The standard InChI is InChI=1S/C24H19N/c1-3-7-17(8-4-1)19-11-13-21-22-14-12-20(18-9-5-2-6-10-18)16-24(22)25-23(21)15-19/h1-16,21,23,25H. The Morgan fingerprint density at radius 1 is 0.680 bits per heavy atom. The molecule has 0 saturated carbocycles. The summed E-state index contributed by atoms with van der Waals surface area (Å²) in [7, 11) is 0. The summed E-state index contributed by atoms with van der Waals surface area (Å²) in [6, 6.07) is 28.3. The second kappa shape index (κ2) is 5.78. The van der Waals surface area contributed by atoms with Crippen molar-refractivity contribution in [2.75, 3.05) is 5.32 Å². The lowest BCUT2D eigenvalue weighted by molar-refractivity contribution is 0.808. The predicted molar refractivity (Wildman–Crippen MR) is 106 cm³/mol. The number of nitrogens with one attached hydrogen (secondary N) is 1. The number of allylic oxidation sites excluding steroid dienone is 2. The lowest BCUT2D eigenvalue weighted by Crippen LogP contribution is -2.19. The first-order valence-electron chi connectivity index (χ1n) is 8.80. The van der Waals surface area contributed by atoms with E-state index in [1.807, 2.05) is 0 Å². The lowest BCUT2D eigenvalue weighted by Gasteiger charge is -2.20. The van der Waals surface area contributed by atoms with Crippen LogP contribution in [-0.2, 0) is 0 Å². The number of fused-ring (bicyclic) bond motifs is 3. The van der Waals surface area contributed by atoms with Gasteiger partial charge in [0, 0.05) is 11.6 Å². The molecule has 120 valence electrons. The Balaban J connectivity index is 1.49. The van der Waals surface area contributed by atoms with E-state index in [9.17, 15) is 0 Å². The molecular formula is C24H19N. The highest BCUT2D eigenvalue weighted by Gasteiger charge is 2.31. The first-order chi connectivity index (χ1) is 12.4. The van der Waals surface area contributed by atoms with E-state index >= 15 is 0 Å². The second-order valence-electron chi connectivity index (χ2n) is 6.71. The Hall–Kier alpha value is -3.06. The van der Waals surface area contributed by atoms with Crippen LogP contribution >= 0.6 is 0 Å². The zero-order valence-corrected chi connectivity index (χ0v) is 13.9. The van der Waals surface area contributed by atoms with E-state index < -0.39 is 0 Å². The number of hydrogen-bond acceptors (Lipinski definition) is 1. The van der Waals surface area contributed by atoms with Crippen LogP contribution in [0.25, 0.3) is 16.7 Å². The first-order valence-corrected chi connectivity index (χ1v) is 8.80. The van der Waals surface area contributed by atoms with Crippen molar-refractivity contribution >= 4 is 11.3 Å². The SMILES string of the molecule is C1=CC2c3ccc(-c4ccccc4)cc3NC2C=C1c1ccccc1. The van der Waals surface area contributed by atoms with Gasteiger partial charge in [-0.2, -0.15) is 0 Å². The second-order valence-corrected chi connectivity index (χ2v) is 6.71. The topological polar surface area (TPSA) is 12.0 Å². The molecule has 1 heterocycles. The minimum Gasteiger partial charge on any atom is -0.378 e. The van der Waals surface area contributed by atoms with E-state index in [-0.39, 0.29) is 0 Å². The molecule has 1 N–H and O–H groups in total. The van der Waals surface area contributed by atoms with Crippen LogP contribution in [0.2, 0.25) is 0 Å². The van der Waals surface area contributed by atoms with Crippen molar-refractivity contribution in [3.8, 4) is 11.1 Å². The zero-order chi connectivity index (χ0) is 16.6. The van der Waals surface area contributed by atoms with E-state index in [0.717, 1.165) is 0 Å². The predicted octanol–water partition coefficient (Wildman–Crippen LogP) is 5.88. The summed E-state index contributed by atoms with van der Waals surface area (Å²) < 4.78 is 0. The third-order valence-corrected chi connectivity index (χ3v) is 5.18. The maximum Gasteiger partial charge on any atom is 0.0557 e. The van der Waals surface area contributed by atoms with Crippen molar-refractivity contribution in [1.29, 1.82) is 0 Å². The molecule has 1 nitrogen and oxygen atoms in total. The van der Waals surface area contributed by atoms with Gasteiger partial charge in [-0.1, -0.05) is 91.0 Å². The lowest BCUT2D eigenvalue weighted by atomic mass is 9.87. The minimum atomic E-state index is 0.334. The Bertz CT molecular complexity index is 967. The van der Waals surface area contributed by atoms with Gasteiger partial charge in [0.15, 0.2) is 0 Å². The van der Waals surface area contributed by atoms with Crippen LogP contribution < -0.4 is 5.32 Å². The van der Waals surface area contributed by atoms with Crippen molar-refractivity contribution in [1.82, 2.24) is 0 Å². The highest BCUT2D eigenvalue weighted by atomic mass is 15.0. The van der Waals surface area contributed by atoms with Crippen molar-refractivity contribution in [3.05, 3.63) is 108 Å². The molecule has 25 heavy (non-hydrogen) atoms. The van der Waals surface area contributed by atoms with Crippen molar-refractivity contribution < 1.29 is 0 Å². The fourth-order valence-corrected chi connectivity index (χ4v) is 3.89. The summed E-state index contributed by atoms with van der Waals surface area (Å²) in [6.45, 7) is 0. The average Bonchev–Trinajstić information content (AvgIpc) is 3.06. The molecule has 0 spiro atoms. The molecular weight excluding hydrogens is 302 g/mol. The number of hydrogen-bond donors (Lipinski definition) is 1. The van der Waals surface area contributed by atoms with E-state index in [1.165, 1.54) is 33.5 Å². The molecule has 0 fully saturated rings. The molecule has 3 aromatic rings. The highest BCUT2D eigenvalue weighted by Crippen LogP contribution is 2.42. The third kappa shape index (κ3) is 2.49. The first kappa shape index (κ1) is 14.3. The molecule has 2 unspecified atom stereocenters. The van der Waals surface area contributed by atoms with Gasteiger partial charge in [0.05, 0.1) is 6.04 Å². The van der Waals surface area contributed by atoms with E-state index in [2.05, 4.69) is 102 Å². The molecule has 0 saturated heterocycles. The largest absolute Gasteiger partial charge is 0.378 e. The molecule has 1 aliphatic heterocycles. The quantitative estimate of drug-likeness (QED) is 0.621. The zero-order valence-electron chi connectivity index (χ0n) is 13.9. The molecule has 0 radical (unpaired) electrons. The number of anilines is 1. The van der Waals surface area contributed by atoms with Gasteiger partial charge in [-0.25, -0.2) is 0 Å². The van der Waals surface area contributed by atoms with Crippen LogP contribution in [0.1, 0.15) is 17.0 Å². The summed E-state index contributed by atoms with van der Waals surface area (Å²) in [5, 5.41) is 3.72. The van der Waals surface area contributed by atoms with Crippen LogP contribution in [0.15, 0.2) is 97.1 Å². The number of rotatable bonds is 2. The normalized spacial score (nSPS) is 20.4. The van der Waals surface area contributed by atoms with Gasteiger partial charge in [0.1, 0.15) is 0 Å². The van der Waals surface area contributed by atoms with Gasteiger partial charge in [-0.3, -0.25) is 0 Å². The summed E-state index contributed by atoms with van der Waals surface area (Å²) >= 11 is 0. The highest BCUT2D eigenvalue weighted by molar-refractivity contribution is 5.80. The monoisotopic (exact) mass is 321 g/mol. The molecule has 1 heteroatoms. The van der Waals surface area contributed by atoms with E-state index in [0.29, 0.717) is 12.0 Å². The van der Waals surface area contributed by atoms with E-state index in [4.69, 9.17) is 0 Å². The van der Waals surface area contributed by atoms with Gasteiger partial charge in [-0.05, 0) is 33.9 Å². The number of benzene rings is 3. The molecule has 1 aliphatic carbocycles. The Morgan fingerprint density at radius 2 is 1.40 bits per heavy atom. The van der Waals surface area contributed by atoms with Gasteiger partial charge in [0.25, 0.3) is 0 Å². The van der Waals surface area contributed by atoms with Gasteiger partial charge in [-0.15, -0.1) is 0 Å². The fourth-order valence-electron chi connectivity index (χ4n) is 3.89. The van der Waals surface area contributed by atoms with Crippen molar-refractivity contribution in [2.45, 2.75) is 12.0 Å². The third-order valence-electron chi connectivity index (χ3n) is 5.18. The molecule has 0 aromatic heterocycles. The molecule has 0 bridgehead atoms. The van der Waals surface area contributed by atoms with Gasteiger partial charge in [0.2, 0.25) is 0 Å². The summed E-state index contributed by atoms with van der Waals surface area (Å²) in [6.07, 6.45) is 6.97. The van der Waals surface area contributed by atoms with Crippen LogP contribution in [0.4, 0.5) is 5.69 Å². The van der Waals surface area contributed by atoms with Crippen LogP contribution in [0.3, 0.4) is 0 Å². The fraction of sp³-hybridized carbons (Fsp3) is 0.0833. The maximum atomic E-state index is 3.72. The van der Waals surface area contributed by atoms with E-state index in [1.54, 1.807) is 0 Å². The average molecular weight is 321 g/mol. The van der Waals surface area contributed by atoms with Crippen LogP contribution in [-0.4, -0.2) is 6.04 Å². The molecule has 3 aromatic carbocycles. The Kier molecular flexibility index (Phi) is 3.31. The minimum absolute atomic E-state index is 0.334. The summed E-state index contributed by atoms with van der Waals surface area (Å²) in [5.41, 5.74) is 7.75. The van der Waals surface area contributed by atoms with Crippen molar-refractivity contribution in [3.63, 3.8) is 0 Å².